The number of hydrogen-bond acceptors (Lipinski definition) is 6. The summed E-state index contributed by atoms with van der Waals surface area (Å²) in [6.07, 6.45) is 2.83. The quantitative estimate of drug-likeness (QED) is 0.675. The van der Waals surface area contributed by atoms with Gasteiger partial charge < -0.3 is 10.2 Å². The van der Waals surface area contributed by atoms with Crippen LogP contribution in [0.25, 0.3) is 10.1 Å². The second-order valence-corrected chi connectivity index (χ2v) is 11.7. The molecule has 3 aromatic rings. The number of nitrogens with zero attached hydrogens (tertiary/aromatic N) is 2. The molecule has 0 amide bonds. The molecule has 0 radical (unpaired) electrons. The van der Waals surface area contributed by atoms with Crippen LogP contribution in [-0.2, 0) is 15.3 Å². The number of sulfone groups is 1. The summed E-state index contributed by atoms with van der Waals surface area (Å²) in [5, 5.41) is 4.32. The second kappa shape index (κ2) is 7.70. The zero-order chi connectivity index (χ0) is 20.6. The lowest BCUT2D eigenvalue weighted by molar-refractivity contribution is 0.587. The lowest BCUT2D eigenvalue weighted by Crippen LogP contribution is -2.28. The summed E-state index contributed by atoms with van der Waals surface area (Å²) >= 11 is 1.32. The van der Waals surface area contributed by atoms with Gasteiger partial charge in [-0.05, 0) is 48.2 Å². The number of thiophene rings is 1. The minimum absolute atomic E-state index is 0.0114. The number of anilines is 1. The summed E-state index contributed by atoms with van der Waals surface area (Å²) in [6.45, 7) is 10.1. The Balaban J connectivity index is 1.73. The highest BCUT2D eigenvalue weighted by Crippen LogP contribution is 2.37. The van der Waals surface area contributed by atoms with Gasteiger partial charge in [0.2, 0.25) is 9.84 Å². The summed E-state index contributed by atoms with van der Waals surface area (Å²) in [5.74, 6) is 0.881. The van der Waals surface area contributed by atoms with Crippen LogP contribution < -0.4 is 10.2 Å². The molecule has 7 heteroatoms. The van der Waals surface area contributed by atoms with Crippen LogP contribution in [0.4, 0.5) is 5.82 Å². The van der Waals surface area contributed by atoms with Crippen LogP contribution in [0.5, 0.6) is 0 Å². The molecule has 0 bridgehead atoms. The molecule has 2 aromatic heterocycles. The molecular formula is C22H27N3O2S2. The molecule has 1 saturated heterocycles. The van der Waals surface area contributed by atoms with Gasteiger partial charge in [0, 0.05) is 35.9 Å². The Morgan fingerprint density at radius 2 is 1.83 bits per heavy atom. The molecule has 0 atom stereocenters. The molecule has 4 rings (SSSR count). The molecule has 1 aromatic carbocycles. The third-order valence-corrected chi connectivity index (χ3v) is 8.68. The predicted octanol–water partition coefficient (Wildman–Crippen LogP) is 4.23. The fourth-order valence-electron chi connectivity index (χ4n) is 3.62. The number of pyridine rings is 1. The lowest BCUT2D eigenvalue weighted by Gasteiger charge is -2.21. The Bertz CT molecular complexity index is 1110. The number of hydrogen-bond donors (Lipinski definition) is 1. The molecule has 1 fully saturated rings. The van der Waals surface area contributed by atoms with Crippen molar-refractivity contribution in [3.8, 4) is 0 Å². The summed E-state index contributed by atoms with van der Waals surface area (Å²) < 4.78 is 27.9. The average molecular weight is 430 g/mol. The van der Waals surface area contributed by atoms with E-state index < -0.39 is 9.84 Å². The van der Waals surface area contributed by atoms with Gasteiger partial charge in [-0.2, -0.15) is 0 Å². The van der Waals surface area contributed by atoms with E-state index in [1.165, 1.54) is 11.3 Å². The number of rotatable bonds is 3. The normalized spacial score (nSPS) is 16.2. The first-order valence-electron chi connectivity index (χ1n) is 9.97. The van der Waals surface area contributed by atoms with Crippen molar-refractivity contribution in [1.82, 2.24) is 10.3 Å². The molecule has 0 saturated carbocycles. The van der Waals surface area contributed by atoms with E-state index in [9.17, 15) is 8.42 Å². The van der Waals surface area contributed by atoms with Crippen LogP contribution in [-0.4, -0.2) is 39.6 Å². The summed E-state index contributed by atoms with van der Waals surface area (Å²) in [5.41, 5.74) is 1.11. The van der Waals surface area contributed by atoms with E-state index in [1.54, 1.807) is 24.4 Å². The summed E-state index contributed by atoms with van der Waals surface area (Å²) in [6, 6.07) is 11.0. The Hall–Kier alpha value is -1.96. The molecule has 0 aliphatic carbocycles. The maximum absolute atomic E-state index is 13.3. The average Bonchev–Trinajstić information content (AvgIpc) is 2.96. The fourth-order valence-corrected chi connectivity index (χ4v) is 6.40. The van der Waals surface area contributed by atoms with E-state index in [1.807, 2.05) is 18.2 Å². The third kappa shape index (κ3) is 4.04. The van der Waals surface area contributed by atoms with Crippen molar-refractivity contribution in [3.05, 3.63) is 48.2 Å². The molecule has 0 spiro atoms. The van der Waals surface area contributed by atoms with Gasteiger partial charge in [0.15, 0.2) is 0 Å². The van der Waals surface area contributed by atoms with E-state index in [4.69, 9.17) is 0 Å². The Morgan fingerprint density at radius 3 is 2.55 bits per heavy atom. The molecular weight excluding hydrogens is 402 g/mol. The minimum Gasteiger partial charge on any atom is -0.355 e. The standard InChI is InChI=1S/C22H27N3O2S2/c1-22(2,3)16-5-7-17(8-6-16)29(26,27)20-15-18-19(28-20)9-11-24-21(18)25-13-4-10-23-12-14-25/h5-9,11,15,23H,4,10,12-14H2,1-3H3. The molecule has 154 valence electrons. The van der Waals surface area contributed by atoms with Gasteiger partial charge in [0.05, 0.1) is 4.90 Å². The van der Waals surface area contributed by atoms with Crippen molar-refractivity contribution < 1.29 is 8.42 Å². The number of benzene rings is 1. The van der Waals surface area contributed by atoms with Crippen molar-refractivity contribution in [3.63, 3.8) is 0 Å². The number of fused-ring (bicyclic) bond motifs is 1. The first-order valence-corrected chi connectivity index (χ1v) is 12.3. The van der Waals surface area contributed by atoms with Crippen LogP contribution >= 0.6 is 11.3 Å². The van der Waals surface area contributed by atoms with Gasteiger partial charge in [-0.3, -0.25) is 0 Å². The van der Waals surface area contributed by atoms with Crippen LogP contribution in [0.1, 0.15) is 32.8 Å². The molecule has 0 unspecified atom stereocenters. The fraction of sp³-hybridized carbons (Fsp3) is 0.409. The first kappa shape index (κ1) is 20.3. The predicted molar refractivity (Wildman–Crippen MR) is 120 cm³/mol. The number of aromatic nitrogens is 1. The Morgan fingerprint density at radius 1 is 1.07 bits per heavy atom. The minimum atomic E-state index is -3.56. The zero-order valence-electron chi connectivity index (χ0n) is 17.1. The van der Waals surface area contributed by atoms with Crippen molar-refractivity contribution in [2.45, 2.75) is 41.7 Å². The number of nitrogens with one attached hydrogen (secondary N) is 1. The van der Waals surface area contributed by atoms with Gasteiger partial charge in [-0.15, -0.1) is 11.3 Å². The van der Waals surface area contributed by atoms with Gasteiger partial charge in [0.1, 0.15) is 10.0 Å². The second-order valence-electron chi connectivity index (χ2n) is 8.48. The Kier molecular flexibility index (Phi) is 5.40. The summed E-state index contributed by atoms with van der Waals surface area (Å²) in [4.78, 5) is 7.18. The van der Waals surface area contributed by atoms with Crippen LogP contribution in [0, 0.1) is 0 Å². The highest BCUT2D eigenvalue weighted by atomic mass is 32.2. The third-order valence-electron chi connectivity index (χ3n) is 5.34. The van der Waals surface area contributed by atoms with E-state index in [0.29, 0.717) is 9.10 Å². The molecule has 5 nitrogen and oxygen atoms in total. The largest absolute Gasteiger partial charge is 0.355 e. The zero-order valence-corrected chi connectivity index (χ0v) is 18.7. The van der Waals surface area contributed by atoms with Crippen LogP contribution in [0.2, 0.25) is 0 Å². The highest BCUT2D eigenvalue weighted by molar-refractivity contribution is 7.93. The van der Waals surface area contributed by atoms with Crippen molar-refractivity contribution in [2.75, 3.05) is 31.1 Å². The van der Waals surface area contributed by atoms with Gasteiger partial charge in [0.25, 0.3) is 0 Å². The summed E-state index contributed by atoms with van der Waals surface area (Å²) in [7, 11) is -3.56. The topological polar surface area (TPSA) is 62.3 Å². The molecule has 1 aliphatic rings. The molecule has 3 heterocycles. The molecule has 1 aliphatic heterocycles. The van der Waals surface area contributed by atoms with E-state index >= 15 is 0 Å². The molecule has 29 heavy (non-hydrogen) atoms. The van der Waals surface area contributed by atoms with E-state index in [0.717, 1.165) is 54.1 Å². The van der Waals surface area contributed by atoms with Gasteiger partial charge in [-0.25, -0.2) is 13.4 Å². The molecule has 1 N–H and O–H groups in total. The highest BCUT2D eigenvalue weighted by Gasteiger charge is 2.24. The van der Waals surface area contributed by atoms with Crippen LogP contribution in [0.15, 0.2) is 51.7 Å². The monoisotopic (exact) mass is 429 g/mol. The van der Waals surface area contributed by atoms with Gasteiger partial charge in [-0.1, -0.05) is 32.9 Å². The van der Waals surface area contributed by atoms with E-state index in [-0.39, 0.29) is 5.41 Å². The van der Waals surface area contributed by atoms with E-state index in [2.05, 4.69) is 36.0 Å². The van der Waals surface area contributed by atoms with Crippen molar-refractivity contribution >= 4 is 37.1 Å². The van der Waals surface area contributed by atoms with Gasteiger partial charge >= 0.3 is 0 Å². The lowest BCUT2D eigenvalue weighted by atomic mass is 9.87. The maximum atomic E-state index is 13.3. The Labute approximate surface area is 176 Å². The smallest absolute Gasteiger partial charge is 0.215 e. The van der Waals surface area contributed by atoms with Crippen molar-refractivity contribution in [1.29, 1.82) is 0 Å². The SMILES string of the molecule is CC(C)(C)c1ccc(S(=O)(=O)c2cc3c(N4CCCNCC4)nccc3s2)cc1. The van der Waals surface area contributed by atoms with Crippen molar-refractivity contribution in [2.24, 2.45) is 0 Å². The van der Waals surface area contributed by atoms with Crippen LogP contribution in [0.3, 0.4) is 0 Å². The first-order chi connectivity index (χ1) is 13.8. The maximum Gasteiger partial charge on any atom is 0.215 e.